The average molecular weight is 405 g/mol. The lowest BCUT2D eigenvalue weighted by Crippen LogP contribution is -2.46. The highest BCUT2D eigenvalue weighted by Gasteiger charge is 2.17. The smallest absolute Gasteiger partial charge is 0.306 e. The van der Waals surface area contributed by atoms with E-state index in [1.54, 1.807) is 0 Å². The lowest BCUT2D eigenvalue weighted by molar-refractivity contribution is -0.154. The van der Waals surface area contributed by atoms with Crippen LogP contribution in [0.5, 0.6) is 0 Å². The summed E-state index contributed by atoms with van der Waals surface area (Å²) in [5.74, 6) is 0.515. The van der Waals surface area contributed by atoms with Gasteiger partial charge in [-0.2, -0.15) is 0 Å². The van der Waals surface area contributed by atoms with Gasteiger partial charge in [0.05, 0.1) is 11.9 Å². The Hall–Kier alpha value is -1.82. The van der Waals surface area contributed by atoms with Crippen LogP contribution in [0.25, 0.3) is 0 Å². The number of piperazine rings is 1. The van der Waals surface area contributed by atoms with Gasteiger partial charge in [0.2, 0.25) is 0 Å². The number of aromatic nitrogens is 1. The minimum atomic E-state index is -0.364. The van der Waals surface area contributed by atoms with E-state index >= 15 is 0 Å². The van der Waals surface area contributed by atoms with E-state index in [0.717, 1.165) is 39.0 Å². The van der Waals surface area contributed by atoms with Gasteiger partial charge in [-0.15, -0.1) is 0 Å². The quantitative estimate of drug-likeness (QED) is 0.439. The third-order valence-corrected chi connectivity index (χ3v) is 5.28. The largest absolute Gasteiger partial charge is 0.460 e. The number of pyridine rings is 1. The first kappa shape index (κ1) is 23.5. The maximum atomic E-state index is 11.7. The van der Waals surface area contributed by atoms with Crippen LogP contribution in [0.1, 0.15) is 72.1 Å². The molecule has 6 heteroatoms. The molecule has 0 atom stereocenters. The number of nitrogens with zero attached hydrogens (tertiary/aromatic N) is 3. The second-order valence-electron chi connectivity index (χ2n) is 9.08. The molecule has 29 heavy (non-hydrogen) atoms. The summed E-state index contributed by atoms with van der Waals surface area (Å²) in [7, 11) is 0. The van der Waals surface area contributed by atoms with Gasteiger partial charge in [-0.3, -0.25) is 9.69 Å². The molecule has 2 heterocycles. The molecule has 164 valence electrons. The lowest BCUT2D eigenvalue weighted by Gasteiger charge is -2.36. The Balaban J connectivity index is 1.43. The van der Waals surface area contributed by atoms with Crippen molar-refractivity contribution in [1.82, 2.24) is 9.88 Å². The first-order valence-electron chi connectivity index (χ1n) is 11.2. The van der Waals surface area contributed by atoms with Gasteiger partial charge in [-0.05, 0) is 52.3 Å². The van der Waals surface area contributed by atoms with E-state index in [1.165, 1.54) is 44.3 Å². The summed E-state index contributed by atoms with van der Waals surface area (Å²) in [6.07, 6.45) is 10.9. The van der Waals surface area contributed by atoms with Crippen molar-refractivity contribution in [3.05, 3.63) is 18.3 Å². The molecule has 0 unspecified atom stereocenters. The topological polar surface area (TPSA) is 71.7 Å². The Labute approximate surface area is 176 Å². The van der Waals surface area contributed by atoms with Crippen LogP contribution in [0.2, 0.25) is 0 Å². The maximum Gasteiger partial charge on any atom is 0.306 e. The summed E-state index contributed by atoms with van der Waals surface area (Å²) in [5.41, 5.74) is 6.47. The number of anilines is 2. The van der Waals surface area contributed by atoms with Crippen LogP contribution in [0.3, 0.4) is 0 Å². The fraction of sp³-hybridized carbons (Fsp3) is 0.739. The number of ether oxygens (including phenoxy) is 1. The SMILES string of the molecule is CC(C)(C)OC(=O)CCCCCCCCCN1CCN(c2ccc(N)nc2)CC1. The molecule has 6 nitrogen and oxygen atoms in total. The summed E-state index contributed by atoms with van der Waals surface area (Å²) < 4.78 is 5.34. The minimum absolute atomic E-state index is 0.0646. The van der Waals surface area contributed by atoms with Crippen molar-refractivity contribution >= 4 is 17.5 Å². The molecule has 0 saturated carbocycles. The van der Waals surface area contributed by atoms with Gasteiger partial charge >= 0.3 is 5.97 Å². The highest BCUT2D eigenvalue weighted by atomic mass is 16.6. The summed E-state index contributed by atoms with van der Waals surface area (Å²) in [6.45, 7) is 11.3. The number of unbranched alkanes of at least 4 members (excludes halogenated alkanes) is 6. The molecule has 2 rings (SSSR count). The zero-order chi connectivity index (χ0) is 21.1. The normalized spacial score (nSPS) is 15.5. The summed E-state index contributed by atoms with van der Waals surface area (Å²) >= 11 is 0. The number of hydrogen-bond donors (Lipinski definition) is 1. The van der Waals surface area contributed by atoms with Crippen LogP contribution in [0.15, 0.2) is 18.3 Å². The van der Waals surface area contributed by atoms with Gasteiger partial charge in [0.15, 0.2) is 0 Å². The van der Waals surface area contributed by atoms with Crippen molar-refractivity contribution in [3.8, 4) is 0 Å². The van der Waals surface area contributed by atoms with Crippen molar-refractivity contribution < 1.29 is 9.53 Å². The Kier molecular flexibility index (Phi) is 9.71. The van der Waals surface area contributed by atoms with Gasteiger partial charge < -0.3 is 15.4 Å². The maximum absolute atomic E-state index is 11.7. The molecule has 1 saturated heterocycles. The molecule has 1 fully saturated rings. The Morgan fingerprint density at radius 3 is 2.21 bits per heavy atom. The molecule has 1 aromatic heterocycles. The number of rotatable bonds is 11. The van der Waals surface area contributed by atoms with E-state index in [9.17, 15) is 4.79 Å². The van der Waals surface area contributed by atoms with E-state index in [-0.39, 0.29) is 11.6 Å². The Bertz CT molecular complexity index is 590. The van der Waals surface area contributed by atoms with Crippen LogP contribution in [-0.2, 0) is 9.53 Å². The van der Waals surface area contributed by atoms with Crippen molar-refractivity contribution in [2.45, 2.75) is 77.7 Å². The molecular formula is C23H40N4O2. The van der Waals surface area contributed by atoms with Gasteiger partial charge in [-0.25, -0.2) is 4.98 Å². The molecule has 1 aromatic rings. The Morgan fingerprint density at radius 1 is 1.00 bits per heavy atom. The number of esters is 1. The summed E-state index contributed by atoms with van der Waals surface area (Å²) in [5, 5.41) is 0. The zero-order valence-electron chi connectivity index (χ0n) is 18.7. The van der Waals surface area contributed by atoms with E-state index in [2.05, 4.69) is 20.9 Å². The number of carbonyl (C=O) groups excluding carboxylic acids is 1. The fourth-order valence-corrected chi connectivity index (χ4v) is 3.70. The molecule has 1 aliphatic rings. The molecule has 2 N–H and O–H groups in total. The fourth-order valence-electron chi connectivity index (χ4n) is 3.70. The van der Waals surface area contributed by atoms with Crippen LogP contribution >= 0.6 is 0 Å². The molecule has 0 spiro atoms. The summed E-state index contributed by atoms with van der Waals surface area (Å²) in [6, 6.07) is 3.94. The van der Waals surface area contributed by atoms with Gasteiger partial charge in [0, 0.05) is 32.6 Å². The molecular weight excluding hydrogens is 364 g/mol. The molecule has 1 aliphatic heterocycles. The molecule has 0 radical (unpaired) electrons. The minimum Gasteiger partial charge on any atom is -0.460 e. The standard InChI is InChI=1S/C23H40N4O2/c1-23(2,3)29-22(28)11-9-7-5-4-6-8-10-14-26-15-17-27(18-16-26)20-12-13-21(24)25-19-20/h12-13,19H,4-11,14-18H2,1-3H3,(H2,24,25). The zero-order valence-corrected chi connectivity index (χ0v) is 18.7. The highest BCUT2D eigenvalue weighted by Crippen LogP contribution is 2.17. The first-order chi connectivity index (χ1) is 13.8. The van der Waals surface area contributed by atoms with Crippen LogP contribution in [0.4, 0.5) is 11.5 Å². The van der Waals surface area contributed by atoms with E-state index in [4.69, 9.17) is 10.5 Å². The van der Waals surface area contributed by atoms with E-state index < -0.39 is 0 Å². The van der Waals surface area contributed by atoms with Crippen LogP contribution in [0, 0.1) is 0 Å². The van der Waals surface area contributed by atoms with Crippen molar-refractivity contribution in [3.63, 3.8) is 0 Å². The van der Waals surface area contributed by atoms with E-state index in [1.807, 2.05) is 33.0 Å². The van der Waals surface area contributed by atoms with Gasteiger partial charge in [0.1, 0.15) is 11.4 Å². The van der Waals surface area contributed by atoms with Crippen LogP contribution < -0.4 is 10.6 Å². The van der Waals surface area contributed by atoms with Gasteiger partial charge in [-0.1, -0.05) is 32.1 Å². The second-order valence-corrected chi connectivity index (χ2v) is 9.08. The first-order valence-corrected chi connectivity index (χ1v) is 11.2. The van der Waals surface area contributed by atoms with Crippen molar-refractivity contribution in [2.24, 2.45) is 0 Å². The lowest BCUT2D eigenvalue weighted by atomic mass is 10.1. The number of carbonyl (C=O) groups is 1. The third-order valence-electron chi connectivity index (χ3n) is 5.28. The number of nitrogens with two attached hydrogens (primary N) is 1. The van der Waals surface area contributed by atoms with Crippen LogP contribution in [-0.4, -0.2) is 54.2 Å². The Morgan fingerprint density at radius 2 is 1.62 bits per heavy atom. The third kappa shape index (κ3) is 9.97. The number of nitrogen functional groups attached to an aromatic ring is 1. The van der Waals surface area contributed by atoms with Gasteiger partial charge in [0.25, 0.3) is 0 Å². The van der Waals surface area contributed by atoms with Crippen molar-refractivity contribution in [2.75, 3.05) is 43.4 Å². The summed E-state index contributed by atoms with van der Waals surface area (Å²) in [4.78, 5) is 20.8. The monoisotopic (exact) mass is 404 g/mol. The average Bonchev–Trinajstić information content (AvgIpc) is 2.66. The number of hydrogen-bond acceptors (Lipinski definition) is 6. The molecule has 0 bridgehead atoms. The molecule has 0 aromatic carbocycles. The second kappa shape index (κ2) is 12.0. The molecule has 0 aliphatic carbocycles. The molecule has 0 amide bonds. The highest BCUT2D eigenvalue weighted by molar-refractivity contribution is 5.69. The predicted octanol–water partition coefficient (Wildman–Crippen LogP) is 4.25. The van der Waals surface area contributed by atoms with Crippen molar-refractivity contribution in [1.29, 1.82) is 0 Å². The predicted molar refractivity (Wildman–Crippen MR) is 120 cm³/mol. The van der Waals surface area contributed by atoms with E-state index in [0.29, 0.717) is 12.2 Å².